The van der Waals surface area contributed by atoms with Gasteiger partial charge in [0.2, 0.25) is 6.08 Å². The van der Waals surface area contributed by atoms with Crippen LogP contribution in [0.3, 0.4) is 0 Å². The Morgan fingerprint density at radius 3 is 2.56 bits per heavy atom. The van der Waals surface area contributed by atoms with Crippen LogP contribution < -0.4 is 0 Å². The molecular weight excluding hydrogens is 270 g/mol. The van der Waals surface area contributed by atoms with Crippen LogP contribution >= 0.6 is 15.9 Å². The number of hydrogen-bond acceptors (Lipinski definition) is 3. The maximum absolute atomic E-state index is 10.1. The van der Waals surface area contributed by atoms with Crippen molar-refractivity contribution in [1.29, 1.82) is 0 Å². The third-order valence-electron chi connectivity index (χ3n) is 2.28. The Morgan fingerprint density at radius 2 is 2.06 bits per heavy atom. The molecule has 0 atom stereocenters. The smallest absolute Gasteiger partial charge is 0.235 e. The summed E-state index contributed by atoms with van der Waals surface area (Å²) in [4.78, 5) is 13.6. The monoisotopic (exact) mass is 283 g/mol. The average Bonchev–Trinajstić information content (AvgIpc) is 2.17. The molecule has 0 heterocycles. The van der Waals surface area contributed by atoms with E-state index in [1.54, 1.807) is 6.07 Å². The summed E-state index contributed by atoms with van der Waals surface area (Å²) in [6, 6.07) is 3.63. The van der Waals surface area contributed by atoms with Crippen molar-refractivity contribution in [2.24, 2.45) is 4.99 Å². The molecule has 86 valence electrons. The van der Waals surface area contributed by atoms with Crippen LogP contribution in [0.15, 0.2) is 21.6 Å². The molecule has 0 spiro atoms. The Kier molecular flexibility index (Phi) is 3.89. The summed E-state index contributed by atoms with van der Waals surface area (Å²) in [5, 5.41) is 10.1. The first kappa shape index (κ1) is 12.9. The van der Waals surface area contributed by atoms with Crippen LogP contribution in [-0.2, 0) is 16.8 Å². The molecule has 3 nitrogen and oxygen atoms in total. The number of aliphatic imine (C=N–C) groups is 1. The SMILES string of the molecule is CC(C)(C)c1cc(Br)cc(CN=C=O)c1O. The Labute approximate surface area is 103 Å². The highest BCUT2D eigenvalue weighted by Gasteiger charge is 2.20. The normalized spacial score (nSPS) is 11.0. The topological polar surface area (TPSA) is 49.7 Å². The molecule has 1 rings (SSSR count). The lowest BCUT2D eigenvalue weighted by molar-refractivity contribution is 0.440. The molecule has 1 aromatic carbocycles. The number of isocyanates is 1. The number of phenolic OH excluding ortho intramolecular Hbond substituents is 1. The second-order valence-electron chi connectivity index (χ2n) is 4.62. The lowest BCUT2D eigenvalue weighted by atomic mass is 9.85. The number of phenols is 1. The van der Waals surface area contributed by atoms with Crippen LogP contribution in [0.4, 0.5) is 0 Å². The summed E-state index contributed by atoms with van der Waals surface area (Å²) >= 11 is 3.38. The van der Waals surface area contributed by atoms with Gasteiger partial charge in [0.25, 0.3) is 0 Å². The number of hydrogen-bond donors (Lipinski definition) is 1. The van der Waals surface area contributed by atoms with E-state index in [0.717, 1.165) is 10.0 Å². The van der Waals surface area contributed by atoms with Gasteiger partial charge in [0.05, 0.1) is 6.54 Å². The number of nitrogens with zero attached hydrogens (tertiary/aromatic N) is 1. The van der Waals surface area contributed by atoms with Crippen molar-refractivity contribution in [3.8, 4) is 5.75 Å². The molecule has 1 N–H and O–H groups in total. The fourth-order valence-electron chi connectivity index (χ4n) is 1.47. The minimum atomic E-state index is -0.159. The lowest BCUT2D eigenvalue weighted by Crippen LogP contribution is -2.12. The third-order valence-corrected chi connectivity index (χ3v) is 2.73. The molecule has 0 aromatic heterocycles. The van der Waals surface area contributed by atoms with Crippen LogP contribution in [0, 0.1) is 0 Å². The molecule has 0 saturated carbocycles. The van der Waals surface area contributed by atoms with Gasteiger partial charge in [-0.15, -0.1) is 0 Å². The zero-order valence-electron chi connectivity index (χ0n) is 9.54. The van der Waals surface area contributed by atoms with Gasteiger partial charge in [0.15, 0.2) is 0 Å². The number of aromatic hydroxyl groups is 1. The zero-order valence-corrected chi connectivity index (χ0v) is 11.1. The Morgan fingerprint density at radius 1 is 1.44 bits per heavy atom. The van der Waals surface area contributed by atoms with Gasteiger partial charge in [-0.2, -0.15) is 0 Å². The molecule has 1 aromatic rings. The molecule has 0 aliphatic carbocycles. The van der Waals surface area contributed by atoms with E-state index in [4.69, 9.17) is 0 Å². The summed E-state index contributed by atoms with van der Waals surface area (Å²) in [5.41, 5.74) is 1.30. The van der Waals surface area contributed by atoms with E-state index in [1.807, 2.05) is 26.8 Å². The standard InChI is InChI=1S/C12H14BrNO2/c1-12(2,3)10-5-9(13)4-8(11(10)16)6-14-7-15/h4-5,16H,6H2,1-3H3. The Bertz CT molecular complexity index is 443. The highest BCUT2D eigenvalue weighted by atomic mass is 79.9. The number of benzene rings is 1. The van der Waals surface area contributed by atoms with E-state index in [9.17, 15) is 9.90 Å². The second-order valence-corrected chi connectivity index (χ2v) is 5.53. The van der Waals surface area contributed by atoms with Crippen LogP contribution in [-0.4, -0.2) is 11.2 Å². The van der Waals surface area contributed by atoms with Crippen LogP contribution in [0.5, 0.6) is 5.75 Å². The van der Waals surface area contributed by atoms with E-state index < -0.39 is 0 Å². The number of carbonyl (C=O) groups excluding carboxylic acids is 1. The van der Waals surface area contributed by atoms with Crippen molar-refractivity contribution >= 4 is 22.0 Å². The first-order valence-corrected chi connectivity index (χ1v) is 5.71. The highest BCUT2D eigenvalue weighted by molar-refractivity contribution is 9.10. The molecule has 0 aliphatic rings. The molecule has 0 unspecified atom stereocenters. The van der Waals surface area contributed by atoms with Crippen LogP contribution in [0.1, 0.15) is 31.9 Å². The van der Waals surface area contributed by atoms with Crippen molar-refractivity contribution in [1.82, 2.24) is 0 Å². The fraction of sp³-hybridized carbons (Fsp3) is 0.417. The van der Waals surface area contributed by atoms with E-state index in [0.29, 0.717) is 5.56 Å². The Hall–Kier alpha value is -1.12. The van der Waals surface area contributed by atoms with Crippen molar-refractivity contribution in [3.63, 3.8) is 0 Å². The summed E-state index contributed by atoms with van der Waals surface area (Å²) in [5.74, 6) is 0.203. The summed E-state index contributed by atoms with van der Waals surface area (Å²) in [7, 11) is 0. The summed E-state index contributed by atoms with van der Waals surface area (Å²) in [6.07, 6.45) is 1.47. The molecule has 0 amide bonds. The summed E-state index contributed by atoms with van der Waals surface area (Å²) in [6.45, 7) is 6.20. The van der Waals surface area contributed by atoms with Gasteiger partial charge in [-0.1, -0.05) is 36.7 Å². The fourth-order valence-corrected chi connectivity index (χ4v) is 1.97. The average molecular weight is 284 g/mol. The van der Waals surface area contributed by atoms with E-state index in [-0.39, 0.29) is 17.7 Å². The highest BCUT2D eigenvalue weighted by Crippen LogP contribution is 2.36. The van der Waals surface area contributed by atoms with Gasteiger partial charge in [-0.25, -0.2) is 9.79 Å². The first-order chi connectivity index (χ1) is 7.36. The predicted molar refractivity (Wildman–Crippen MR) is 66.3 cm³/mol. The zero-order chi connectivity index (χ0) is 12.3. The minimum Gasteiger partial charge on any atom is -0.507 e. The van der Waals surface area contributed by atoms with Crippen molar-refractivity contribution < 1.29 is 9.90 Å². The number of rotatable bonds is 2. The van der Waals surface area contributed by atoms with Gasteiger partial charge >= 0.3 is 0 Å². The molecule has 0 radical (unpaired) electrons. The summed E-state index contributed by atoms with van der Waals surface area (Å²) < 4.78 is 0.867. The molecule has 0 bridgehead atoms. The van der Waals surface area contributed by atoms with Gasteiger partial charge in [-0.05, 0) is 17.5 Å². The van der Waals surface area contributed by atoms with Crippen molar-refractivity contribution in [3.05, 3.63) is 27.7 Å². The van der Waals surface area contributed by atoms with E-state index in [2.05, 4.69) is 20.9 Å². The molecule has 0 saturated heterocycles. The van der Waals surface area contributed by atoms with Gasteiger partial charge in [-0.3, -0.25) is 0 Å². The van der Waals surface area contributed by atoms with Gasteiger partial charge < -0.3 is 5.11 Å². The predicted octanol–water partition coefficient (Wildman–Crippen LogP) is 3.29. The molecule has 0 aliphatic heterocycles. The lowest BCUT2D eigenvalue weighted by Gasteiger charge is -2.22. The maximum Gasteiger partial charge on any atom is 0.235 e. The molecule has 4 heteroatoms. The van der Waals surface area contributed by atoms with Gasteiger partial charge in [0.1, 0.15) is 5.75 Å². The minimum absolute atomic E-state index is 0.151. The third kappa shape index (κ3) is 2.94. The Balaban J connectivity index is 3.31. The quantitative estimate of drug-likeness (QED) is 0.669. The largest absolute Gasteiger partial charge is 0.507 e. The molecule has 16 heavy (non-hydrogen) atoms. The first-order valence-electron chi connectivity index (χ1n) is 4.91. The number of halogens is 1. The van der Waals surface area contributed by atoms with Crippen LogP contribution in [0.2, 0.25) is 0 Å². The molecule has 0 fully saturated rings. The van der Waals surface area contributed by atoms with Crippen LogP contribution in [0.25, 0.3) is 0 Å². The second kappa shape index (κ2) is 4.81. The van der Waals surface area contributed by atoms with Crippen molar-refractivity contribution in [2.75, 3.05) is 0 Å². The molecular formula is C12H14BrNO2. The van der Waals surface area contributed by atoms with E-state index in [1.165, 1.54) is 6.08 Å². The van der Waals surface area contributed by atoms with Crippen molar-refractivity contribution in [2.45, 2.75) is 32.7 Å². The maximum atomic E-state index is 10.1. The van der Waals surface area contributed by atoms with E-state index >= 15 is 0 Å². The van der Waals surface area contributed by atoms with Gasteiger partial charge in [0, 0.05) is 15.6 Å².